The minimum atomic E-state index is -0.219. The predicted molar refractivity (Wildman–Crippen MR) is 481 cm³/mol. The highest BCUT2D eigenvalue weighted by molar-refractivity contribution is 5.90. The quantitative estimate of drug-likeness (QED) is 0.0248. The van der Waals surface area contributed by atoms with E-state index in [1.54, 1.807) is 31.3 Å². The fourth-order valence-corrected chi connectivity index (χ4v) is 16.6. The van der Waals surface area contributed by atoms with E-state index in [-0.39, 0.29) is 23.4 Å². The van der Waals surface area contributed by atoms with Gasteiger partial charge < -0.3 is 80.8 Å². The van der Waals surface area contributed by atoms with Crippen molar-refractivity contribution in [3.63, 3.8) is 0 Å². The maximum Gasteiger partial charge on any atom is 0.223 e. The molecule has 0 unspecified atom stereocenters. The van der Waals surface area contributed by atoms with Gasteiger partial charge in [-0.15, -0.1) is 0 Å². The van der Waals surface area contributed by atoms with E-state index in [0.29, 0.717) is 42.6 Å². The Labute approximate surface area is 689 Å². The molecule has 0 spiro atoms. The van der Waals surface area contributed by atoms with Crippen molar-refractivity contribution in [2.75, 3.05) is 160 Å². The molecule has 0 atom stereocenters. The van der Waals surface area contributed by atoms with E-state index < -0.39 is 0 Å². The highest BCUT2D eigenvalue weighted by atomic mass is 19.1. The fraction of sp³-hybridized carbons (Fsp3) is 0.385. The molecule has 117 heavy (non-hydrogen) atoms. The summed E-state index contributed by atoms with van der Waals surface area (Å²) in [6.07, 6.45) is 10.1. The number of fused-ring (bicyclic) bond motifs is 4. The number of nitrogens with zero attached hydrogens (tertiary/aromatic N) is 8. The summed E-state index contributed by atoms with van der Waals surface area (Å²) in [6.45, 7) is 19.8. The lowest BCUT2D eigenvalue weighted by Gasteiger charge is -2.34. The van der Waals surface area contributed by atoms with E-state index in [0.717, 1.165) is 191 Å². The number of rotatable bonds is 26. The van der Waals surface area contributed by atoms with Crippen LogP contribution in [0.1, 0.15) is 83.6 Å². The van der Waals surface area contributed by atoms with Gasteiger partial charge in [0.25, 0.3) is 0 Å². The molecule has 8 heterocycles. The van der Waals surface area contributed by atoms with Crippen molar-refractivity contribution in [2.24, 2.45) is 0 Å². The van der Waals surface area contributed by atoms with Crippen LogP contribution in [0.2, 0.25) is 0 Å². The van der Waals surface area contributed by atoms with Crippen molar-refractivity contribution in [2.45, 2.75) is 102 Å². The molecule has 2 amide bonds. The number of benzene rings is 8. The topological polar surface area (TPSA) is 204 Å². The third-order valence-electron chi connectivity index (χ3n) is 23.5. The molecule has 614 valence electrons. The zero-order chi connectivity index (χ0) is 81.6. The zero-order valence-electron chi connectivity index (χ0n) is 69.4. The third-order valence-corrected chi connectivity index (χ3v) is 23.5. The van der Waals surface area contributed by atoms with Crippen molar-refractivity contribution < 1.29 is 18.4 Å². The number of nitrogens with one attached hydrogen (secondary N) is 9. The van der Waals surface area contributed by atoms with Gasteiger partial charge >= 0.3 is 0 Å². The number of halogens is 2. The lowest BCUT2D eigenvalue weighted by Crippen LogP contribution is -2.44. The van der Waals surface area contributed by atoms with Crippen molar-refractivity contribution >= 4 is 78.2 Å². The van der Waals surface area contributed by atoms with Crippen molar-refractivity contribution in [1.82, 2.24) is 61.2 Å². The first kappa shape index (κ1) is 84.1. The molecule has 4 fully saturated rings. The molecule has 9 N–H and O–H groups in total. The minimum Gasteiger partial charge on any atom is -0.371 e. The minimum absolute atomic E-state index is 0.0754. The van der Waals surface area contributed by atoms with Crippen molar-refractivity contribution in [3.8, 4) is 51.1 Å². The van der Waals surface area contributed by atoms with Crippen LogP contribution in [0, 0.1) is 23.0 Å². The molecular weight excluding hydrogens is 1460 g/mol. The first-order valence-corrected chi connectivity index (χ1v) is 42.3. The van der Waals surface area contributed by atoms with Gasteiger partial charge in [-0.05, 0) is 249 Å². The SMILES string of the molecule is CCN(CC)C(=O)CCNC1CCN(c2cccc(-c3cc4cc(F)ccc4[nH]3)c2)CC1.CN(C)CCNC1CCN(c2cccc(-c3cc4cc(C#N)ccc4[nH]3)c2)CC1.CN(C)CCNC1CCN(c2cccc(-c3cc4ccccc4[nH]3)c2)CC1.CNC(=O)CCNC1CCN(c2cccc(-c3cc4cc(F)ccc4[nH]3)c2)CC1. The number of para-hydroxylation sites is 1. The molecule has 4 aliphatic rings. The maximum absolute atomic E-state index is 13.5. The number of amides is 2. The Bertz CT molecular complexity index is 5180. The molecule has 21 heteroatoms. The Balaban J connectivity index is 0.000000136. The number of H-pyrrole nitrogens is 4. The van der Waals surface area contributed by atoms with E-state index in [9.17, 15) is 18.4 Å². The largest absolute Gasteiger partial charge is 0.371 e. The summed E-state index contributed by atoms with van der Waals surface area (Å²) in [5.74, 6) is -0.128. The van der Waals surface area contributed by atoms with Gasteiger partial charge in [-0.25, -0.2) is 8.78 Å². The van der Waals surface area contributed by atoms with E-state index in [1.165, 1.54) is 88.3 Å². The summed E-state index contributed by atoms with van der Waals surface area (Å²) in [5, 5.41) is 30.3. The molecule has 8 aromatic carbocycles. The summed E-state index contributed by atoms with van der Waals surface area (Å²) in [7, 11) is 10.2. The smallest absolute Gasteiger partial charge is 0.223 e. The van der Waals surface area contributed by atoms with Crippen LogP contribution < -0.4 is 46.2 Å². The van der Waals surface area contributed by atoms with Gasteiger partial charge in [-0.3, -0.25) is 9.59 Å². The number of aromatic amines is 4. The van der Waals surface area contributed by atoms with Gasteiger partial charge in [-0.1, -0.05) is 66.7 Å². The zero-order valence-corrected chi connectivity index (χ0v) is 69.4. The van der Waals surface area contributed by atoms with Gasteiger partial charge in [0.2, 0.25) is 11.8 Å². The summed E-state index contributed by atoms with van der Waals surface area (Å²) >= 11 is 0. The Morgan fingerprint density at radius 3 is 1.09 bits per heavy atom. The Kier molecular flexibility index (Phi) is 29.7. The first-order valence-electron chi connectivity index (χ1n) is 42.3. The number of anilines is 4. The lowest BCUT2D eigenvalue weighted by atomic mass is 10.0. The molecule has 0 bridgehead atoms. The monoisotopic (exact) mass is 1580 g/mol. The van der Waals surface area contributed by atoms with E-state index in [1.807, 2.05) is 49.1 Å². The molecule has 19 nitrogen and oxygen atoms in total. The van der Waals surface area contributed by atoms with Crippen molar-refractivity contribution in [1.29, 1.82) is 5.26 Å². The number of piperidine rings is 4. The second-order valence-corrected chi connectivity index (χ2v) is 32.1. The van der Waals surface area contributed by atoms with Crippen LogP contribution in [-0.4, -0.2) is 211 Å². The van der Waals surface area contributed by atoms with Crippen LogP contribution in [0.5, 0.6) is 0 Å². The summed E-state index contributed by atoms with van der Waals surface area (Å²) in [5.41, 5.74) is 18.8. The molecule has 4 aliphatic heterocycles. The second kappa shape index (κ2) is 41.3. The van der Waals surface area contributed by atoms with E-state index in [2.05, 4.69) is 244 Å². The molecule has 0 radical (unpaired) electrons. The summed E-state index contributed by atoms with van der Waals surface area (Å²) < 4.78 is 27.0. The molecule has 4 aromatic heterocycles. The average Bonchev–Trinajstić information content (AvgIpc) is 1.70. The second-order valence-electron chi connectivity index (χ2n) is 32.1. The Morgan fingerprint density at radius 1 is 0.402 bits per heavy atom. The van der Waals surface area contributed by atoms with E-state index >= 15 is 0 Å². The van der Waals surface area contributed by atoms with Gasteiger partial charge in [0.15, 0.2) is 0 Å². The first-order chi connectivity index (χ1) is 57.0. The number of aromatic nitrogens is 4. The van der Waals surface area contributed by atoms with Crippen LogP contribution >= 0.6 is 0 Å². The van der Waals surface area contributed by atoms with Gasteiger partial charge in [0, 0.05) is 238 Å². The number of carbonyl (C=O) groups excluding carboxylic acids is 2. The van der Waals surface area contributed by atoms with Crippen LogP contribution in [0.3, 0.4) is 0 Å². The molecular formula is C96H119F2N17O2. The lowest BCUT2D eigenvalue weighted by molar-refractivity contribution is -0.130. The Morgan fingerprint density at radius 2 is 0.735 bits per heavy atom. The Hall–Kier alpha value is -10.8. The average molecular weight is 1580 g/mol. The standard InChI is InChI=1S/C26H33FN4O.C24H29N5.C23H27FN4O.C23H30N4/c1-3-30(4-2)26(32)10-13-28-22-11-14-31(15-12-22)23-7-5-6-19(17-23)25-18-20-16-21(27)8-9-24(20)29-25;1-28(2)13-10-26-21-8-11-29(12-9-21)22-5-3-4-19(15-22)24-16-20-14-18(17-25)6-7-23(20)27-24;1-25-23(29)7-10-26-19-8-11-28(12-9-19)20-4-2-3-16(14-20)22-15-17-13-18(24)5-6-21(17)27-22;1-26(2)15-12-24-20-10-13-27(14-11-20)21-8-5-7-18(16-21)23-17-19-6-3-4-9-22(19)25-23/h5-9,16-18,22,28-29H,3-4,10-15H2,1-2H3;3-7,14-16,21,26-27H,8-13H2,1-2H3;2-6,13-15,19,26-27H,7-12H2,1H3,(H,25,29);3-9,16-17,20,24-25H,10-15H2,1-2H3. The van der Waals surface area contributed by atoms with Gasteiger partial charge in [0.05, 0.1) is 11.6 Å². The van der Waals surface area contributed by atoms with Crippen LogP contribution in [0.15, 0.2) is 200 Å². The van der Waals surface area contributed by atoms with Crippen LogP contribution in [0.4, 0.5) is 31.5 Å². The number of hydrogen-bond donors (Lipinski definition) is 9. The predicted octanol–water partition coefficient (Wildman–Crippen LogP) is 16.2. The summed E-state index contributed by atoms with van der Waals surface area (Å²) in [6, 6.07) is 71.4. The maximum atomic E-state index is 13.5. The summed E-state index contributed by atoms with van der Waals surface area (Å²) in [4.78, 5) is 53.5. The van der Waals surface area contributed by atoms with Gasteiger partial charge in [0.1, 0.15) is 11.6 Å². The van der Waals surface area contributed by atoms with Crippen molar-refractivity contribution in [3.05, 3.63) is 217 Å². The molecule has 0 saturated carbocycles. The fourth-order valence-electron chi connectivity index (χ4n) is 16.6. The third kappa shape index (κ3) is 23.3. The van der Waals surface area contributed by atoms with Gasteiger partial charge in [-0.2, -0.15) is 5.26 Å². The van der Waals surface area contributed by atoms with Crippen LogP contribution in [-0.2, 0) is 9.59 Å². The normalized spacial score (nSPS) is 15.2. The number of likely N-dealkylation sites (N-methyl/N-ethyl adjacent to an activating group) is 2. The van der Waals surface area contributed by atoms with E-state index in [4.69, 9.17) is 5.26 Å². The van der Waals surface area contributed by atoms with Crippen LogP contribution in [0.25, 0.3) is 88.6 Å². The molecule has 4 saturated heterocycles. The highest BCUT2D eigenvalue weighted by Crippen LogP contribution is 2.35. The number of nitriles is 1. The molecule has 12 aromatic rings. The molecule has 16 rings (SSSR count). The molecule has 0 aliphatic carbocycles. The highest BCUT2D eigenvalue weighted by Gasteiger charge is 2.25. The number of carbonyl (C=O) groups is 2. The number of hydrogen-bond acceptors (Lipinski definition) is 13.